The van der Waals surface area contributed by atoms with E-state index in [4.69, 9.17) is 9.52 Å². The summed E-state index contributed by atoms with van der Waals surface area (Å²) in [5.41, 5.74) is 2.06. The number of nitrogens with zero attached hydrogens (tertiary/aromatic N) is 3. The Morgan fingerprint density at radius 1 is 1.18 bits per heavy atom. The number of nitro groups is 1. The molecule has 1 amide bonds. The molecule has 9 nitrogen and oxygen atoms in total. The van der Waals surface area contributed by atoms with Crippen LogP contribution in [0, 0.1) is 17.0 Å². The Morgan fingerprint density at radius 3 is 2.58 bits per heavy atom. The first-order chi connectivity index (χ1) is 15.7. The van der Waals surface area contributed by atoms with Gasteiger partial charge in [0.25, 0.3) is 11.6 Å². The molecule has 2 heterocycles. The highest BCUT2D eigenvalue weighted by atomic mass is 32.2. The van der Waals surface area contributed by atoms with Gasteiger partial charge in [-0.05, 0) is 60.6 Å². The fourth-order valence-corrected chi connectivity index (χ4v) is 4.10. The van der Waals surface area contributed by atoms with Gasteiger partial charge in [0.2, 0.25) is 0 Å². The number of carboxylic acid groups (broad SMARTS) is 1. The number of furan rings is 1. The number of hydrogen-bond acceptors (Lipinski definition) is 7. The van der Waals surface area contributed by atoms with Crippen LogP contribution in [0.2, 0.25) is 0 Å². The fraction of sp³-hybridized carbons (Fsp3) is 0.0870. The Labute approximate surface area is 192 Å². The minimum atomic E-state index is -1.03. The zero-order valence-corrected chi connectivity index (χ0v) is 18.3. The topological polar surface area (TPSA) is 126 Å². The number of nitro benzene ring substituents is 1. The number of amides is 1. The summed E-state index contributed by atoms with van der Waals surface area (Å²) in [4.78, 5) is 40.5. The molecule has 0 aliphatic carbocycles. The fourth-order valence-electron chi connectivity index (χ4n) is 3.13. The minimum Gasteiger partial charge on any atom is -0.478 e. The lowest BCUT2D eigenvalue weighted by Gasteiger charge is -2.07. The van der Waals surface area contributed by atoms with E-state index in [0.29, 0.717) is 32.8 Å². The molecular formula is C23H17N3O6S. The lowest BCUT2D eigenvalue weighted by atomic mass is 10.1. The van der Waals surface area contributed by atoms with E-state index in [1.165, 1.54) is 29.2 Å². The summed E-state index contributed by atoms with van der Waals surface area (Å²) >= 11 is 1.16. The predicted molar refractivity (Wildman–Crippen MR) is 124 cm³/mol. The molecule has 0 radical (unpaired) electrons. The first-order valence-corrected chi connectivity index (χ1v) is 10.5. The summed E-state index contributed by atoms with van der Waals surface area (Å²) in [5, 5.41) is 20.5. The largest absolute Gasteiger partial charge is 0.478 e. The second-order valence-electron chi connectivity index (χ2n) is 7.18. The van der Waals surface area contributed by atoms with E-state index in [2.05, 4.69) is 4.99 Å². The molecule has 0 bridgehead atoms. The van der Waals surface area contributed by atoms with Crippen molar-refractivity contribution < 1.29 is 24.0 Å². The van der Waals surface area contributed by atoms with Crippen molar-refractivity contribution in [2.75, 3.05) is 7.05 Å². The van der Waals surface area contributed by atoms with Gasteiger partial charge in [-0.3, -0.25) is 19.8 Å². The number of carboxylic acids is 1. The third-order valence-corrected chi connectivity index (χ3v) is 6.00. The van der Waals surface area contributed by atoms with Gasteiger partial charge in [-0.1, -0.05) is 6.07 Å². The van der Waals surface area contributed by atoms with Crippen LogP contribution in [-0.4, -0.2) is 39.0 Å². The Balaban J connectivity index is 1.59. The predicted octanol–water partition coefficient (Wildman–Crippen LogP) is 5.10. The molecule has 10 heteroatoms. The maximum Gasteiger partial charge on any atom is 0.335 e. The number of carbonyl (C=O) groups excluding carboxylic acids is 1. The molecule has 4 rings (SSSR count). The summed E-state index contributed by atoms with van der Waals surface area (Å²) in [6.07, 6.45) is 1.59. The van der Waals surface area contributed by atoms with Crippen molar-refractivity contribution in [1.82, 2.24) is 4.90 Å². The lowest BCUT2D eigenvalue weighted by Crippen LogP contribution is -2.23. The summed E-state index contributed by atoms with van der Waals surface area (Å²) in [6.45, 7) is 1.83. The SMILES string of the molecule is Cc1ccc([N+](=O)[O-])cc1-c1ccc(/C=C2\SC(=Nc3ccc(C(=O)O)cc3)N(C)C2=O)o1. The summed E-state index contributed by atoms with van der Waals surface area (Å²) < 4.78 is 5.84. The Bertz CT molecular complexity index is 1340. The summed E-state index contributed by atoms with van der Waals surface area (Å²) in [5.74, 6) is -0.406. The van der Waals surface area contributed by atoms with Crippen LogP contribution in [0.1, 0.15) is 21.7 Å². The molecule has 33 heavy (non-hydrogen) atoms. The molecule has 3 aromatic rings. The van der Waals surface area contributed by atoms with Gasteiger partial charge in [-0.2, -0.15) is 0 Å². The zero-order valence-electron chi connectivity index (χ0n) is 17.5. The second-order valence-corrected chi connectivity index (χ2v) is 8.19. The van der Waals surface area contributed by atoms with Crippen molar-refractivity contribution in [2.24, 2.45) is 4.99 Å². The Morgan fingerprint density at radius 2 is 1.91 bits per heavy atom. The number of non-ortho nitro benzene ring substituents is 1. The lowest BCUT2D eigenvalue weighted by molar-refractivity contribution is -0.384. The molecule has 0 unspecified atom stereocenters. The van der Waals surface area contributed by atoms with Crippen molar-refractivity contribution in [2.45, 2.75) is 6.92 Å². The second kappa shape index (κ2) is 8.75. The van der Waals surface area contributed by atoms with Gasteiger partial charge in [0.05, 0.1) is 21.1 Å². The highest BCUT2D eigenvalue weighted by Crippen LogP contribution is 2.35. The molecule has 1 aliphatic heterocycles. The molecule has 1 N–H and O–H groups in total. The first-order valence-electron chi connectivity index (χ1n) is 9.68. The van der Waals surface area contributed by atoms with Crippen LogP contribution in [0.25, 0.3) is 17.4 Å². The molecule has 0 saturated carbocycles. The number of aliphatic imine (C=N–C) groups is 1. The number of benzene rings is 2. The summed E-state index contributed by atoms with van der Waals surface area (Å²) in [7, 11) is 1.60. The van der Waals surface area contributed by atoms with Crippen LogP contribution in [0.5, 0.6) is 0 Å². The van der Waals surface area contributed by atoms with Crippen molar-refractivity contribution >= 4 is 46.3 Å². The van der Waals surface area contributed by atoms with E-state index in [1.54, 1.807) is 43.5 Å². The molecule has 0 spiro atoms. The quantitative estimate of drug-likeness (QED) is 0.317. The highest BCUT2D eigenvalue weighted by Gasteiger charge is 2.30. The number of aryl methyl sites for hydroxylation is 1. The van der Waals surface area contributed by atoms with Crippen LogP contribution < -0.4 is 0 Å². The van der Waals surface area contributed by atoms with Crippen molar-refractivity contribution in [3.8, 4) is 11.3 Å². The van der Waals surface area contributed by atoms with E-state index in [0.717, 1.165) is 17.3 Å². The molecule has 2 aromatic carbocycles. The molecule has 0 atom stereocenters. The van der Waals surface area contributed by atoms with Gasteiger partial charge < -0.3 is 9.52 Å². The van der Waals surface area contributed by atoms with E-state index in [-0.39, 0.29) is 17.2 Å². The van der Waals surface area contributed by atoms with E-state index < -0.39 is 10.9 Å². The van der Waals surface area contributed by atoms with Gasteiger partial charge in [0.1, 0.15) is 11.5 Å². The molecule has 1 aliphatic rings. The number of hydrogen-bond donors (Lipinski definition) is 1. The molecule has 166 valence electrons. The van der Waals surface area contributed by atoms with Crippen LogP contribution in [0.3, 0.4) is 0 Å². The third-order valence-electron chi connectivity index (χ3n) is 4.94. The monoisotopic (exact) mass is 463 g/mol. The first kappa shape index (κ1) is 22.0. The van der Waals surface area contributed by atoms with Crippen molar-refractivity contribution in [3.63, 3.8) is 0 Å². The van der Waals surface area contributed by atoms with Gasteiger partial charge in [0, 0.05) is 30.8 Å². The van der Waals surface area contributed by atoms with Gasteiger partial charge in [0.15, 0.2) is 5.17 Å². The van der Waals surface area contributed by atoms with Gasteiger partial charge in [-0.25, -0.2) is 9.79 Å². The smallest absolute Gasteiger partial charge is 0.335 e. The number of carbonyl (C=O) groups is 2. The van der Waals surface area contributed by atoms with Gasteiger partial charge in [-0.15, -0.1) is 0 Å². The Kier molecular flexibility index (Phi) is 5.84. The zero-order chi connectivity index (χ0) is 23.7. The van der Waals surface area contributed by atoms with E-state index in [1.807, 2.05) is 6.92 Å². The summed E-state index contributed by atoms with van der Waals surface area (Å²) in [6, 6.07) is 14.0. The number of likely N-dealkylation sites (N-methyl/N-ethyl adjacent to an activating group) is 1. The maximum atomic E-state index is 12.7. The molecular weight excluding hydrogens is 446 g/mol. The standard InChI is InChI=1S/C23H17N3O6S/c1-13-3-8-16(26(30)31)11-18(13)19-10-9-17(32-19)12-20-21(27)25(2)23(33-20)24-15-6-4-14(5-7-15)22(28)29/h3-12H,1-2H3,(H,28,29)/b20-12-,24-23?. The number of amidine groups is 1. The van der Waals surface area contributed by atoms with Crippen molar-refractivity contribution in [1.29, 1.82) is 0 Å². The Hall–Kier alpha value is -4.18. The third kappa shape index (κ3) is 4.55. The van der Waals surface area contributed by atoms with Crippen LogP contribution in [0.4, 0.5) is 11.4 Å². The number of thioether (sulfide) groups is 1. The molecule has 1 fully saturated rings. The minimum absolute atomic E-state index is 0.0349. The van der Waals surface area contributed by atoms with Crippen molar-refractivity contribution in [3.05, 3.63) is 86.5 Å². The van der Waals surface area contributed by atoms with Gasteiger partial charge >= 0.3 is 5.97 Å². The molecule has 1 aromatic heterocycles. The highest BCUT2D eigenvalue weighted by molar-refractivity contribution is 8.18. The van der Waals surface area contributed by atoms with Crippen LogP contribution >= 0.6 is 11.8 Å². The van der Waals surface area contributed by atoms with Crippen LogP contribution in [-0.2, 0) is 4.79 Å². The van der Waals surface area contributed by atoms with E-state index >= 15 is 0 Å². The van der Waals surface area contributed by atoms with Crippen LogP contribution in [0.15, 0.2) is 68.9 Å². The molecule has 1 saturated heterocycles. The average molecular weight is 463 g/mol. The normalized spacial score (nSPS) is 16.1. The van der Waals surface area contributed by atoms with E-state index in [9.17, 15) is 19.7 Å². The number of aromatic carboxylic acids is 1. The average Bonchev–Trinajstić information content (AvgIpc) is 3.35. The number of rotatable bonds is 5. The maximum absolute atomic E-state index is 12.7.